The number of para-hydroxylation sites is 2. The molecule has 8 aromatic carbocycles. The van der Waals surface area contributed by atoms with Crippen LogP contribution in [0.1, 0.15) is 12.0 Å². The fourth-order valence-corrected chi connectivity index (χ4v) is 8.37. The first-order chi connectivity index (χ1) is 29.2. The van der Waals surface area contributed by atoms with Crippen molar-refractivity contribution in [1.82, 2.24) is 4.57 Å². The third-order valence-corrected chi connectivity index (χ3v) is 11.4. The Morgan fingerprint density at radius 1 is 0.508 bits per heavy atom. The van der Waals surface area contributed by atoms with E-state index in [4.69, 9.17) is 0 Å². The average Bonchev–Trinajstić information content (AvgIpc) is 3.64. The van der Waals surface area contributed by atoms with Gasteiger partial charge >= 0.3 is 0 Å². The molecule has 0 saturated carbocycles. The van der Waals surface area contributed by atoms with Gasteiger partial charge < -0.3 is 9.47 Å². The molecule has 0 amide bonds. The standard InChI is InChI=1S/C57H42N2/c1-2-42(22-21-41-13-5-3-6-14-41)44-25-32-51(33-26-44)58(52-34-27-45(28-35-52)48-24-23-43-15-9-10-16-47(43)39-48)53-36-29-46(30-37-53)49-31-38-57-55(40-49)54-19-11-12-20-56(54)59(57)50-17-7-4-8-18-50/h2-13,15-40H,1,14H2/b41-21-,42-22+. The van der Waals surface area contributed by atoms with Gasteiger partial charge in [-0.15, -0.1) is 0 Å². The Morgan fingerprint density at radius 2 is 1.10 bits per heavy atom. The van der Waals surface area contributed by atoms with Crippen molar-refractivity contribution >= 4 is 55.2 Å². The van der Waals surface area contributed by atoms with Gasteiger partial charge in [-0.3, -0.25) is 0 Å². The molecule has 0 atom stereocenters. The molecule has 0 aliphatic heterocycles. The number of nitrogens with zero attached hydrogens (tertiary/aromatic N) is 2. The lowest BCUT2D eigenvalue weighted by atomic mass is 10.00. The van der Waals surface area contributed by atoms with Crippen molar-refractivity contribution in [2.24, 2.45) is 0 Å². The predicted octanol–water partition coefficient (Wildman–Crippen LogP) is 15.8. The van der Waals surface area contributed by atoms with E-state index in [0.29, 0.717) is 0 Å². The molecule has 0 fully saturated rings. The van der Waals surface area contributed by atoms with Crippen LogP contribution in [0.25, 0.3) is 66.1 Å². The summed E-state index contributed by atoms with van der Waals surface area (Å²) >= 11 is 0. The zero-order valence-electron chi connectivity index (χ0n) is 32.7. The maximum atomic E-state index is 4.14. The van der Waals surface area contributed by atoms with E-state index < -0.39 is 0 Å². The summed E-state index contributed by atoms with van der Waals surface area (Å²) < 4.78 is 2.36. The molecule has 10 rings (SSSR count). The first-order valence-electron chi connectivity index (χ1n) is 20.3. The molecular formula is C57H42N2. The summed E-state index contributed by atoms with van der Waals surface area (Å²) in [4.78, 5) is 2.34. The second-order valence-electron chi connectivity index (χ2n) is 15.0. The Bertz CT molecular complexity index is 3100. The van der Waals surface area contributed by atoms with Crippen molar-refractivity contribution in [3.05, 3.63) is 248 Å². The van der Waals surface area contributed by atoms with Gasteiger partial charge in [0.1, 0.15) is 0 Å². The summed E-state index contributed by atoms with van der Waals surface area (Å²) in [7, 11) is 0. The van der Waals surface area contributed by atoms with Gasteiger partial charge in [-0.05, 0) is 129 Å². The molecule has 1 aliphatic rings. The number of benzene rings is 8. The zero-order chi connectivity index (χ0) is 39.5. The number of fused-ring (bicyclic) bond motifs is 4. The minimum absolute atomic E-state index is 0.942. The largest absolute Gasteiger partial charge is 0.311 e. The third kappa shape index (κ3) is 7.03. The molecule has 9 aromatic rings. The summed E-state index contributed by atoms with van der Waals surface area (Å²) in [5.41, 5.74) is 15.1. The van der Waals surface area contributed by atoms with E-state index in [1.807, 2.05) is 6.08 Å². The van der Waals surface area contributed by atoms with Crippen LogP contribution < -0.4 is 4.90 Å². The van der Waals surface area contributed by atoms with Crippen LogP contribution in [-0.2, 0) is 0 Å². The van der Waals surface area contributed by atoms with Crippen LogP contribution in [0.2, 0.25) is 0 Å². The normalized spacial score (nSPS) is 13.4. The maximum absolute atomic E-state index is 4.14. The Kier molecular flexibility index (Phi) is 9.50. The topological polar surface area (TPSA) is 8.17 Å². The van der Waals surface area contributed by atoms with E-state index in [1.165, 1.54) is 60.4 Å². The average molecular weight is 755 g/mol. The van der Waals surface area contributed by atoms with Crippen LogP contribution in [0.15, 0.2) is 243 Å². The first kappa shape index (κ1) is 35.7. The van der Waals surface area contributed by atoms with Gasteiger partial charge in [0.2, 0.25) is 0 Å². The van der Waals surface area contributed by atoms with Gasteiger partial charge in [-0.1, -0.05) is 164 Å². The molecule has 0 N–H and O–H groups in total. The highest BCUT2D eigenvalue weighted by atomic mass is 15.1. The molecule has 0 spiro atoms. The quantitative estimate of drug-likeness (QED) is 0.133. The summed E-state index contributed by atoms with van der Waals surface area (Å²) in [6.45, 7) is 4.14. The van der Waals surface area contributed by atoms with Crippen molar-refractivity contribution < 1.29 is 0 Å². The number of allylic oxidation sites excluding steroid dienone is 9. The second-order valence-corrected chi connectivity index (χ2v) is 15.0. The Morgan fingerprint density at radius 3 is 1.80 bits per heavy atom. The summed E-state index contributed by atoms with van der Waals surface area (Å²) in [6, 6.07) is 68.1. The molecule has 0 saturated heterocycles. The molecule has 1 heterocycles. The molecule has 2 heteroatoms. The van der Waals surface area contributed by atoms with Crippen LogP contribution >= 0.6 is 0 Å². The van der Waals surface area contributed by atoms with Gasteiger partial charge in [-0.2, -0.15) is 0 Å². The lowest BCUT2D eigenvalue weighted by Gasteiger charge is -2.26. The first-order valence-corrected chi connectivity index (χ1v) is 20.3. The van der Waals surface area contributed by atoms with Gasteiger partial charge in [0.05, 0.1) is 11.0 Å². The van der Waals surface area contributed by atoms with Crippen molar-refractivity contribution in [1.29, 1.82) is 0 Å². The Balaban J connectivity index is 1.01. The van der Waals surface area contributed by atoms with Gasteiger partial charge in [0.25, 0.3) is 0 Å². The van der Waals surface area contributed by atoms with Crippen LogP contribution in [0.5, 0.6) is 0 Å². The van der Waals surface area contributed by atoms with Crippen molar-refractivity contribution in [3.8, 4) is 27.9 Å². The predicted molar refractivity (Wildman–Crippen MR) is 253 cm³/mol. The zero-order valence-corrected chi connectivity index (χ0v) is 32.7. The Hall–Kier alpha value is -7.68. The fourth-order valence-electron chi connectivity index (χ4n) is 8.37. The number of hydrogen-bond acceptors (Lipinski definition) is 1. The molecule has 0 bridgehead atoms. The Labute approximate surface area is 346 Å². The number of anilines is 3. The summed E-state index contributed by atoms with van der Waals surface area (Å²) in [5.74, 6) is 0. The van der Waals surface area contributed by atoms with E-state index >= 15 is 0 Å². The van der Waals surface area contributed by atoms with Gasteiger partial charge in [-0.25, -0.2) is 0 Å². The van der Waals surface area contributed by atoms with Crippen molar-refractivity contribution in [3.63, 3.8) is 0 Å². The van der Waals surface area contributed by atoms with Crippen LogP contribution in [0, 0.1) is 0 Å². The van der Waals surface area contributed by atoms with E-state index in [2.05, 4.69) is 241 Å². The monoisotopic (exact) mass is 754 g/mol. The minimum atomic E-state index is 0.942. The van der Waals surface area contributed by atoms with E-state index in [-0.39, 0.29) is 0 Å². The molecule has 280 valence electrons. The molecule has 1 aliphatic carbocycles. The molecule has 2 nitrogen and oxygen atoms in total. The van der Waals surface area contributed by atoms with Crippen molar-refractivity contribution in [2.45, 2.75) is 6.42 Å². The summed E-state index contributed by atoms with van der Waals surface area (Å²) in [6.07, 6.45) is 15.8. The minimum Gasteiger partial charge on any atom is -0.311 e. The lowest BCUT2D eigenvalue weighted by molar-refractivity contribution is 1.18. The number of aromatic nitrogens is 1. The van der Waals surface area contributed by atoms with Gasteiger partial charge in [0.15, 0.2) is 0 Å². The fraction of sp³-hybridized carbons (Fsp3) is 0.0175. The molecule has 0 unspecified atom stereocenters. The highest BCUT2D eigenvalue weighted by Crippen LogP contribution is 2.39. The second kappa shape index (κ2) is 15.7. The van der Waals surface area contributed by atoms with Gasteiger partial charge in [0, 0.05) is 33.5 Å². The van der Waals surface area contributed by atoms with Crippen molar-refractivity contribution in [2.75, 3.05) is 4.90 Å². The van der Waals surface area contributed by atoms with E-state index in [0.717, 1.165) is 40.3 Å². The summed E-state index contributed by atoms with van der Waals surface area (Å²) in [5, 5.41) is 4.99. The molecule has 1 aromatic heterocycles. The number of rotatable bonds is 9. The highest BCUT2D eigenvalue weighted by Gasteiger charge is 2.16. The molecular weight excluding hydrogens is 713 g/mol. The SMILES string of the molecule is C=C/C(=C\C=C1\C=CC=CC1)c1ccc(N(c2ccc(-c3ccc4ccccc4c3)cc2)c2ccc(-c3ccc4c(c3)c3ccccc3n4-c3ccccc3)cc2)cc1. The smallest absolute Gasteiger partial charge is 0.0541 e. The molecule has 59 heavy (non-hydrogen) atoms. The molecule has 0 radical (unpaired) electrons. The van der Waals surface area contributed by atoms with Crippen LogP contribution in [0.3, 0.4) is 0 Å². The van der Waals surface area contributed by atoms with Crippen LogP contribution in [-0.4, -0.2) is 4.57 Å². The number of hydrogen-bond donors (Lipinski definition) is 0. The van der Waals surface area contributed by atoms with E-state index in [9.17, 15) is 0 Å². The van der Waals surface area contributed by atoms with Crippen LogP contribution in [0.4, 0.5) is 17.1 Å². The van der Waals surface area contributed by atoms with E-state index in [1.54, 1.807) is 0 Å². The lowest BCUT2D eigenvalue weighted by Crippen LogP contribution is -2.10. The highest BCUT2D eigenvalue weighted by molar-refractivity contribution is 6.10. The maximum Gasteiger partial charge on any atom is 0.0541 e. The third-order valence-electron chi connectivity index (χ3n) is 11.4.